The molecule has 0 aromatic heterocycles. The van der Waals surface area contributed by atoms with Gasteiger partial charge in [0.05, 0.1) is 11.6 Å². The minimum Gasteiger partial charge on any atom is -0.192 e. The predicted molar refractivity (Wildman–Crippen MR) is 253 cm³/mol. The van der Waals surface area contributed by atoms with Crippen molar-refractivity contribution in [3.05, 3.63) is 229 Å². The van der Waals surface area contributed by atoms with Gasteiger partial charge >= 0.3 is 0 Å². The van der Waals surface area contributed by atoms with Crippen LogP contribution >= 0.6 is 0 Å². The highest BCUT2D eigenvalue weighted by Gasteiger charge is 2.19. The van der Waals surface area contributed by atoms with E-state index in [-0.39, 0.29) is 0 Å². The number of nitriles is 1. The number of allylic oxidation sites excluding steroid dienone is 2. The third-order valence-electron chi connectivity index (χ3n) is 12.4. The summed E-state index contributed by atoms with van der Waals surface area (Å²) in [6, 6.07) is 70.2. The minimum atomic E-state index is 0.607. The average Bonchev–Trinajstić information content (AvgIpc) is 3.31. The summed E-state index contributed by atoms with van der Waals surface area (Å²) in [4.78, 5) is 0. The number of hydrogen-bond donors (Lipinski definition) is 0. The van der Waals surface area contributed by atoms with Crippen LogP contribution in [0.25, 0.3) is 97.7 Å². The quantitative estimate of drug-likeness (QED) is 0.127. The molecule has 0 unspecified atom stereocenters. The molecule has 0 saturated heterocycles. The standard InChI is InChI=1S/C58H37N/c1-36(41-16-4-3-15-40(41)35-59)31-55(38-27-29-52-48-23-9-7-19-44(48)46-21-11-13-25-50(46)57(52)32-38)54-34-56(43-18-6-5-17-42(43)37(54)2)39-28-30-53-49-24-10-8-20-45(49)47-22-12-14-26-51(47)58(53)33-39/h3-34H,1H2,2H3/b55-31-. The van der Waals surface area contributed by atoms with Gasteiger partial charge in [0.1, 0.15) is 0 Å². The topological polar surface area (TPSA) is 23.8 Å². The molecule has 0 fully saturated rings. The number of benzene rings is 11. The van der Waals surface area contributed by atoms with Gasteiger partial charge in [-0.1, -0.05) is 170 Å². The van der Waals surface area contributed by atoms with E-state index >= 15 is 0 Å². The molecule has 0 spiro atoms. The Kier molecular flexibility index (Phi) is 8.00. The van der Waals surface area contributed by atoms with Gasteiger partial charge in [0.15, 0.2) is 0 Å². The fourth-order valence-electron chi connectivity index (χ4n) is 9.62. The fourth-order valence-corrected chi connectivity index (χ4v) is 9.62. The summed E-state index contributed by atoms with van der Waals surface area (Å²) in [7, 11) is 0. The Labute approximate surface area is 343 Å². The van der Waals surface area contributed by atoms with Crippen LogP contribution in [0, 0.1) is 18.3 Å². The largest absolute Gasteiger partial charge is 0.192 e. The minimum absolute atomic E-state index is 0.607. The molecule has 11 aromatic carbocycles. The Hall–Kier alpha value is -7.79. The van der Waals surface area contributed by atoms with Crippen molar-refractivity contribution < 1.29 is 0 Å². The molecule has 0 aliphatic carbocycles. The van der Waals surface area contributed by atoms with Crippen LogP contribution in [0.3, 0.4) is 0 Å². The second-order valence-corrected chi connectivity index (χ2v) is 15.6. The molecule has 0 radical (unpaired) electrons. The van der Waals surface area contributed by atoms with Crippen LogP contribution in [0.2, 0.25) is 0 Å². The highest BCUT2D eigenvalue weighted by molar-refractivity contribution is 6.27. The SMILES string of the molecule is C=C(/C=C(/c1ccc2c3ccccc3c3ccccc3c2c1)c1cc(-c2ccc3c4ccccc4c4ccccc4c3c2)c2ccccc2c1C)c1ccccc1C#N. The van der Waals surface area contributed by atoms with Crippen LogP contribution in [-0.2, 0) is 0 Å². The van der Waals surface area contributed by atoms with Crippen LogP contribution in [0.5, 0.6) is 0 Å². The molecule has 0 aliphatic rings. The van der Waals surface area contributed by atoms with E-state index in [9.17, 15) is 5.26 Å². The summed E-state index contributed by atoms with van der Waals surface area (Å²) in [6.45, 7) is 6.85. The van der Waals surface area contributed by atoms with Crippen LogP contribution < -0.4 is 0 Å². The second kappa shape index (κ2) is 13.7. The van der Waals surface area contributed by atoms with Crippen molar-refractivity contribution in [3.63, 3.8) is 0 Å². The number of aryl methyl sites for hydroxylation is 1. The first kappa shape index (κ1) is 34.5. The molecular formula is C58H37N. The summed E-state index contributed by atoms with van der Waals surface area (Å²) in [5, 5.41) is 27.5. The molecule has 0 N–H and O–H groups in total. The Morgan fingerprint density at radius 2 is 0.847 bits per heavy atom. The van der Waals surface area contributed by atoms with E-state index in [0.717, 1.165) is 27.8 Å². The van der Waals surface area contributed by atoms with Gasteiger partial charge in [-0.3, -0.25) is 0 Å². The predicted octanol–water partition coefficient (Wildman–Crippen LogP) is 15.8. The van der Waals surface area contributed by atoms with Gasteiger partial charge in [0.25, 0.3) is 0 Å². The maximum absolute atomic E-state index is 10.2. The first-order chi connectivity index (χ1) is 29.1. The van der Waals surface area contributed by atoms with Gasteiger partial charge in [0.2, 0.25) is 0 Å². The molecule has 1 nitrogen and oxygen atoms in total. The van der Waals surface area contributed by atoms with Crippen LogP contribution in [0.1, 0.15) is 27.8 Å². The molecule has 0 bridgehead atoms. The lowest BCUT2D eigenvalue weighted by atomic mass is 9.84. The van der Waals surface area contributed by atoms with Crippen LogP contribution in [0.4, 0.5) is 0 Å². The van der Waals surface area contributed by atoms with Crippen molar-refractivity contribution in [2.24, 2.45) is 0 Å². The van der Waals surface area contributed by atoms with Crippen molar-refractivity contribution in [1.82, 2.24) is 0 Å². The molecule has 0 amide bonds. The lowest BCUT2D eigenvalue weighted by molar-refractivity contribution is 1.45. The smallest absolute Gasteiger partial charge is 0.0998 e. The molecule has 0 aliphatic heterocycles. The molecule has 59 heavy (non-hydrogen) atoms. The zero-order valence-electron chi connectivity index (χ0n) is 32.6. The monoisotopic (exact) mass is 747 g/mol. The zero-order valence-corrected chi connectivity index (χ0v) is 32.6. The van der Waals surface area contributed by atoms with E-state index < -0.39 is 0 Å². The Morgan fingerprint density at radius 1 is 0.424 bits per heavy atom. The van der Waals surface area contributed by atoms with Gasteiger partial charge in [-0.2, -0.15) is 5.26 Å². The van der Waals surface area contributed by atoms with Crippen LogP contribution in [0.15, 0.2) is 201 Å². The van der Waals surface area contributed by atoms with E-state index in [2.05, 4.69) is 189 Å². The summed E-state index contributed by atoms with van der Waals surface area (Å²) in [6.07, 6.45) is 2.20. The summed E-state index contributed by atoms with van der Waals surface area (Å²) >= 11 is 0. The third-order valence-corrected chi connectivity index (χ3v) is 12.4. The Bertz CT molecular complexity index is 3580. The van der Waals surface area contributed by atoms with Gasteiger partial charge in [-0.05, 0) is 157 Å². The Morgan fingerprint density at radius 3 is 1.39 bits per heavy atom. The molecule has 0 saturated carbocycles. The highest BCUT2D eigenvalue weighted by atomic mass is 14.3. The summed E-state index contributed by atoms with van der Waals surface area (Å²) in [5.74, 6) is 0. The first-order valence-corrected chi connectivity index (χ1v) is 20.2. The van der Waals surface area contributed by atoms with E-state index in [1.54, 1.807) is 0 Å². The van der Waals surface area contributed by atoms with Gasteiger partial charge < -0.3 is 0 Å². The van der Waals surface area contributed by atoms with Crippen molar-refractivity contribution in [3.8, 4) is 17.2 Å². The Balaban J connectivity index is 1.21. The van der Waals surface area contributed by atoms with Crippen molar-refractivity contribution in [2.45, 2.75) is 6.92 Å². The van der Waals surface area contributed by atoms with Gasteiger partial charge in [-0.25, -0.2) is 0 Å². The van der Waals surface area contributed by atoms with E-state index in [1.807, 2.05) is 24.3 Å². The number of fused-ring (bicyclic) bond motifs is 13. The van der Waals surface area contributed by atoms with Crippen molar-refractivity contribution in [2.75, 3.05) is 0 Å². The fraction of sp³-hybridized carbons (Fsp3) is 0.0172. The highest BCUT2D eigenvalue weighted by Crippen LogP contribution is 2.43. The molecular weight excluding hydrogens is 711 g/mol. The van der Waals surface area contributed by atoms with Crippen molar-refractivity contribution >= 4 is 86.6 Å². The second-order valence-electron chi connectivity index (χ2n) is 15.6. The number of rotatable bonds is 5. The normalized spacial score (nSPS) is 12.0. The summed E-state index contributed by atoms with van der Waals surface area (Å²) < 4.78 is 0. The van der Waals surface area contributed by atoms with E-state index in [4.69, 9.17) is 0 Å². The first-order valence-electron chi connectivity index (χ1n) is 20.2. The number of hydrogen-bond acceptors (Lipinski definition) is 1. The van der Waals surface area contributed by atoms with Crippen LogP contribution in [-0.4, -0.2) is 0 Å². The molecule has 0 heterocycles. The van der Waals surface area contributed by atoms with Crippen molar-refractivity contribution in [1.29, 1.82) is 5.26 Å². The van der Waals surface area contributed by atoms with E-state index in [0.29, 0.717) is 5.56 Å². The molecule has 1 heteroatoms. The van der Waals surface area contributed by atoms with Gasteiger partial charge in [-0.15, -0.1) is 0 Å². The molecule has 11 aromatic rings. The maximum atomic E-state index is 10.2. The lowest BCUT2D eigenvalue weighted by Crippen LogP contribution is -1.97. The molecule has 274 valence electrons. The third kappa shape index (κ3) is 5.46. The van der Waals surface area contributed by atoms with E-state index in [1.165, 1.54) is 92.1 Å². The number of nitrogens with zero attached hydrogens (tertiary/aromatic N) is 1. The molecule has 11 rings (SSSR count). The molecule has 0 atom stereocenters. The lowest BCUT2D eigenvalue weighted by Gasteiger charge is -2.20. The average molecular weight is 748 g/mol. The zero-order chi connectivity index (χ0) is 39.6. The summed E-state index contributed by atoms with van der Waals surface area (Å²) in [5.41, 5.74) is 9.04. The maximum Gasteiger partial charge on any atom is 0.0998 e. The van der Waals surface area contributed by atoms with Gasteiger partial charge in [0, 0.05) is 0 Å².